The fourth-order valence-corrected chi connectivity index (χ4v) is 3.88. The first kappa shape index (κ1) is 16.7. The second-order valence-electron chi connectivity index (χ2n) is 7.16. The number of anilines is 3. The average molecular weight is 387 g/mol. The highest BCUT2D eigenvalue weighted by Crippen LogP contribution is 2.50. The van der Waals surface area contributed by atoms with Crippen LogP contribution in [0.4, 0.5) is 17.1 Å². The first-order valence-electron chi connectivity index (χ1n) is 9.85. The SMILES string of the molecule is c1ccc2c(c1)Oc1ccccc1N2c1ccc(-c2ccc3ncccc3n2)cc1. The summed E-state index contributed by atoms with van der Waals surface area (Å²) in [6.07, 6.45) is 1.79. The molecule has 30 heavy (non-hydrogen) atoms. The molecule has 142 valence electrons. The summed E-state index contributed by atoms with van der Waals surface area (Å²) in [7, 11) is 0. The van der Waals surface area contributed by atoms with Crippen LogP contribution in [0, 0.1) is 0 Å². The predicted molar refractivity (Wildman–Crippen MR) is 120 cm³/mol. The molecule has 0 fully saturated rings. The zero-order valence-corrected chi connectivity index (χ0v) is 16.1. The van der Waals surface area contributed by atoms with Crippen LogP contribution in [0.1, 0.15) is 0 Å². The minimum atomic E-state index is 0.851. The number of rotatable bonds is 2. The maximum absolute atomic E-state index is 6.11. The van der Waals surface area contributed by atoms with Gasteiger partial charge in [0.2, 0.25) is 0 Å². The lowest BCUT2D eigenvalue weighted by atomic mass is 10.1. The van der Waals surface area contributed by atoms with Gasteiger partial charge in [0.05, 0.1) is 28.1 Å². The fraction of sp³-hybridized carbons (Fsp3) is 0. The zero-order chi connectivity index (χ0) is 19.9. The molecule has 4 nitrogen and oxygen atoms in total. The van der Waals surface area contributed by atoms with Gasteiger partial charge < -0.3 is 9.64 Å². The molecular weight excluding hydrogens is 370 g/mol. The molecule has 0 unspecified atom stereocenters. The van der Waals surface area contributed by atoms with E-state index in [1.165, 1.54) is 0 Å². The van der Waals surface area contributed by atoms with Gasteiger partial charge in [-0.15, -0.1) is 0 Å². The van der Waals surface area contributed by atoms with Crippen LogP contribution in [0.25, 0.3) is 22.3 Å². The van der Waals surface area contributed by atoms with E-state index >= 15 is 0 Å². The van der Waals surface area contributed by atoms with Gasteiger partial charge in [-0.3, -0.25) is 4.98 Å². The van der Waals surface area contributed by atoms with Crippen molar-refractivity contribution in [3.63, 3.8) is 0 Å². The Morgan fingerprint density at radius 3 is 2.03 bits per heavy atom. The number of para-hydroxylation sites is 4. The lowest BCUT2D eigenvalue weighted by Crippen LogP contribution is -2.15. The number of aromatic nitrogens is 2. The molecule has 0 saturated carbocycles. The minimum Gasteiger partial charge on any atom is -0.453 e. The Morgan fingerprint density at radius 1 is 0.600 bits per heavy atom. The standard InChI is InChI=1S/C26H17N3O/c1-3-9-25-23(7-1)29(24-8-2-4-10-26(24)30-25)19-13-11-18(12-14-19)20-15-16-21-22(28-20)6-5-17-27-21/h1-17H. The Hall–Kier alpha value is -4.18. The van der Waals surface area contributed by atoms with Crippen LogP contribution in [-0.2, 0) is 0 Å². The molecular formula is C26H17N3O. The molecule has 4 heteroatoms. The molecule has 3 aromatic carbocycles. The lowest BCUT2D eigenvalue weighted by molar-refractivity contribution is 0.477. The number of fused-ring (bicyclic) bond motifs is 3. The van der Waals surface area contributed by atoms with Crippen molar-refractivity contribution < 1.29 is 4.74 Å². The van der Waals surface area contributed by atoms with Crippen LogP contribution < -0.4 is 9.64 Å². The largest absolute Gasteiger partial charge is 0.453 e. The second-order valence-corrected chi connectivity index (χ2v) is 7.16. The molecule has 0 spiro atoms. The van der Waals surface area contributed by atoms with Gasteiger partial charge in [0.1, 0.15) is 0 Å². The molecule has 0 N–H and O–H groups in total. The second kappa shape index (κ2) is 6.71. The van der Waals surface area contributed by atoms with Crippen molar-refractivity contribution >= 4 is 28.1 Å². The third kappa shape index (κ3) is 2.70. The van der Waals surface area contributed by atoms with E-state index in [4.69, 9.17) is 9.72 Å². The minimum absolute atomic E-state index is 0.851. The molecule has 0 bridgehead atoms. The van der Waals surface area contributed by atoms with E-state index < -0.39 is 0 Å². The van der Waals surface area contributed by atoms with Crippen LogP contribution in [-0.4, -0.2) is 9.97 Å². The first-order chi connectivity index (χ1) is 14.9. The average Bonchev–Trinajstić information content (AvgIpc) is 2.82. The van der Waals surface area contributed by atoms with Crippen LogP contribution >= 0.6 is 0 Å². The lowest BCUT2D eigenvalue weighted by Gasteiger charge is -2.32. The summed E-state index contributed by atoms with van der Waals surface area (Å²) in [5, 5.41) is 0. The van der Waals surface area contributed by atoms with Crippen LogP contribution in [0.5, 0.6) is 11.5 Å². The van der Waals surface area contributed by atoms with Crippen LogP contribution in [0.2, 0.25) is 0 Å². The van der Waals surface area contributed by atoms with Gasteiger partial charge in [0.15, 0.2) is 11.5 Å². The maximum Gasteiger partial charge on any atom is 0.151 e. The van der Waals surface area contributed by atoms with Crippen molar-refractivity contribution in [3.05, 3.63) is 103 Å². The summed E-state index contributed by atoms with van der Waals surface area (Å²) in [4.78, 5) is 11.3. The van der Waals surface area contributed by atoms with Crippen molar-refractivity contribution in [2.45, 2.75) is 0 Å². The van der Waals surface area contributed by atoms with Crippen molar-refractivity contribution in [3.8, 4) is 22.8 Å². The van der Waals surface area contributed by atoms with E-state index in [1.54, 1.807) is 6.20 Å². The topological polar surface area (TPSA) is 38.2 Å². The monoisotopic (exact) mass is 387 g/mol. The molecule has 6 rings (SSSR count). The number of nitrogens with zero attached hydrogens (tertiary/aromatic N) is 3. The van der Waals surface area contributed by atoms with Crippen LogP contribution in [0.15, 0.2) is 103 Å². The predicted octanol–water partition coefficient (Wildman–Crippen LogP) is 6.87. The van der Waals surface area contributed by atoms with Crippen molar-refractivity contribution in [1.82, 2.24) is 9.97 Å². The van der Waals surface area contributed by atoms with E-state index in [9.17, 15) is 0 Å². The number of benzene rings is 3. The third-order valence-corrected chi connectivity index (χ3v) is 5.31. The van der Waals surface area contributed by atoms with E-state index in [2.05, 4.69) is 46.3 Å². The Kier molecular flexibility index (Phi) is 3.74. The van der Waals surface area contributed by atoms with E-state index in [-0.39, 0.29) is 0 Å². The Labute approximate surface area is 174 Å². The Morgan fingerprint density at radius 2 is 1.30 bits per heavy atom. The number of hydrogen-bond acceptors (Lipinski definition) is 4. The molecule has 0 atom stereocenters. The summed E-state index contributed by atoms with van der Waals surface area (Å²) in [5.74, 6) is 1.70. The van der Waals surface area contributed by atoms with Crippen molar-refractivity contribution in [2.24, 2.45) is 0 Å². The summed E-state index contributed by atoms with van der Waals surface area (Å²) in [6.45, 7) is 0. The van der Waals surface area contributed by atoms with E-state index in [0.717, 1.165) is 50.9 Å². The number of pyridine rings is 2. The fourth-order valence-electron chi connectivity index (χ4n) is 3.88. The highest BCUT2D eigenvalue weighted by atomic mass is 16.5. The molecule has 0 aliphatic carbocycles. The van der Waals surface area contributed by atoms with Gasteiger partial charge in [-0.25, -0.2) is 4.98 Å². The Bertz CT molecular complexity index is 1330. The van der Waals surface area contributed by atoms with Crippen LogP contribution in [0.3, 0.4) is 0 Å². The van der Waals surface area contributed by atoms with Crippen molar-refractivity contribution in [2.75, 3.05) is 4.90 Å². The van der Waals surface area contributed by atoms with Gasteiger partial charge in [0, 0.05) is 17.4 Å². The van der Waals surface area contributed by atoms with Crippen molar-refractivity contribution in [1.29, 1.82) is 0 Å². The highest BCUT2D eigenvalue weighted by molar-refractivity contribution is 5.86. The molecule has 0 saturated heterocycles. The van der Waals surface area contributed by atoms with Gasteiger partial charge in [0.25, 0.3) is 0 Å². The molecule has 2 aromatic heterocycles. The summed E-state index contributed by atoms with van der Waals surface area (Å²) < 4.78 is 6.11. The summed E-state index contributed by atoms with van der Waals surface area (Å²) in [5.41, 5.74) is 6.93. The third-order valence-electron chi connectivity index (χ3n) is 5.31. The molecule has 1 aliphatic rings. The highest BCUT2D eigenvalue weighted by Gasteiger charge is 2.25. The summed E-state index contributed by atoms with van der Waals surface area (Å²) in [6, 6.07) is 32.6. The molecule has 1 aliphatic heterocycles. The Balaban J connectivity index is 1.43. The van der Waals surface area contributed by atoms with Gasteiger partial charge in [-0.2, -0.15) is 0 Å². The number of ether oxygens (including phenoxy) is 1. The molecule has 0 radical (unpaired) electrons. The maximum atomic E-state index is 6.11. The van der Waals surface area contributed by atoms with Gasteiger partial charge >= 0.3 is 0 Å². The zero-order valence-electron chi connectivity index (χ0n) is 16.1. The first-order valence-corrected chi connectivity index (χ1v) is 9.85. The molecule has 0 amide bonds. The molecule has 3 heterocycles. The smallest absolute Gasteiger partial charge is 0.151 e. The van der Waals surface area contributed by atoms with E-state index in [1.807, 2.05) is 60.7 Å². The van der Waals surface area contributed by atoms with Gasteiger partial charge in [-0.1, -0.05) is 36.4 Å². The van der Waals surface area contributed by atoms with Gasteiger partial charge in [-0.05, 0) is 60.7 Å². The normalized spacial score (nSPS) is 12.2. The number of hydrogen-bond donors (Lipinski definition) is 0. The van der Waals surface area contributed by atoms with E-state index in [0.29, 0.717) is 0 Å². The quantitative estimate of drug-likeness (QED) is 0.325. The molecule has 5 aromatic rings. The summed E-state index contributed by atoms with van der Waals surface area (Å²) >= 11 is 0.